The highest BCUT2D eigenvalue weighted by molar-refractivity contribution is 6.10. The molecule has 30 heavy (non-hydrogen) atoms. The van der Waals surface area contributed by atoms with Crippen LogP contribution in [0, 0.1) is 18.3 Å². The first-order chi connectivity index (χ1) is 14.6. The number of carbonyl (C=O) groups is 2. The fourth-order valence-corrected chi connectivity index (χ4v) is 3.11. The largest absolute Gasteiger partial charge is 0.321 e. The Morgan fingerprint density at radius 2 is 1.77 bits per heavy atom. The van der Waals surface area contributed by atoms with Gasteiger partial charge in [-0.05, 0) is 48.9 Å². The standard InChI is InChI=1S/C23H17N5O2/c1-15-7-2-3-10-18(15)26-23(30)21-27-20(19-11-4-5-12-28(19)21)22(29)25-17-9-6-8-16(13-17)14-24/h2-13H,1H3,(H,25,29)(H,26,30). The van der Waals surface area contributed by atoms with E-state index in [9.17, 15) is 9.59 Å². The molecule has 0 atom stereocenters. The number of hydrogen-bond donors (Lipinski definition) is 2. The minimum absolute atomic E-state index is 0.102. The van der Waals surface area contributed by atoms with Gasteiger partial charge in [0, 0.05) is 17.6 Å². The molecular formula is C23H17N5O2. The van der Waals surface area contributed by atoms with E-state index in [2.05, 4.69) is 15.6 Å². The van der Waals surface area contributed by atoms with Gasteiger partial charge in [-0.3, -0.25) is 14.0 Å². The van der Waals surface area contributed by atoms with Gasteiger partial charge >= 0.3 is 0 Å². The summed E-state index contributed by atoms with van der Waals surface area (Å²) in [7, 11) is 0. The molecule has 0 saturated heterocycles. The van der Waals surface area contributed by atoms with E-state index in [1.165, 1.54) is 0 Å². The van der Waals surface area contributed by atoms with Crippen LogP contribution in [0.4, 0.5) is 11.4 Å². The maximum atomic E-state index is 12.9. The van der Waals surface area contributed by atoms with Crippen LogP contribution < -0.4 is 10.6 Å². The number of benzene rings is 2. The molecule has 7 heteroatoms. The first-order valence-electron chi connectivity index (χ1n) is 9.22. The molecule has 7 nitrogen and oxygen atoms in total. The number of aromatic nitrogens is 2. The van der Waals surface area contributed by atoms with E-state index < -0.39 is 11.8 Å². The van der Waals surface area contributed by atoms with E-state index in [1.807, 2.05) is 31.2 Å². The van der Waals surface area contributed by atoms with Gasteiger partial charge in [0.25, 0.3) is 11.8 Å². The van der Waals surface area contributed by atoms with Gasteiger partial charge in [0.1, 0.15) is 0 Å². The number of aryl methyl sites for hydroxylation is 1. The molecule has 2 heterocycles. The topological polar surface area (TPSA) is 99.3 Å². The summed E-state index contributed by atoms with van der Waals surface area (Å²) >= 11 is 0. The first-order valence-corrected chi connectivity index (χ1v) is 9.22. The molecule has 2 N–H and O–H groups in total. The van der Waals surface area contributed by atoms with Gasteiger partial charge in [0.2, 0.25) is 5.82 Å². The van der Waals surface area contributed by atoms with Crippen LogP contribution in [-0.2, 0) is 0 Å². The molecule has 0 aliphatic heterocycles. The van der Waals surface area contributed by atoms with Gasteiger partial charge in [0.15, 0.2) is 5.69 Å². The Hall–Kier alpha value is -4.44. The normalized spacial score (nSPS) is 10.4. The maximum Gasteiger partial charge on any atom is 0.292 e. The van der Waals surface area contributed by atoms with Gasteiger partial charge in [-0.1, -0.05) is 30.3 Å². The molecule has 0 radical (unpaired) electrons. The first kappa shape index (κ1) is 18.9. The number of imidazole rings is 1. The van der Waals surface area contributed by atoms with E-state index in [0.29, 0.717) is 22.5 Å². The highest BCUT2D eigenvalue weighted by Gasteiger charge is 2.22. The van der Waals surface area contributed by atoms with Crippen LogP contribution in [0.1, 0.15) is 32.2 Å². The maximum absolute atomic E-state index is 12.9. The molecule has 0 unspecified atom stereocenters. The zero-order valence-electron chi connectivity index (χ0n) is 16.1. The average molecular weight is 395 g/mol. The third kappa shape index (κ3) is 3.62. The minimum Gasteiger partial charge on any atom is -0.321 e. The van der Waals surface area contributed by atoms with Crippen molar-refractivity contribution in [3.8, 4) is 6.07 Å². The molecule has 2 aromatic heterocycles. The second kappa shape index (κ2) is 7.89. The van der Waals surface area contributed by atoms with Gasteiger partial charge < -0.3 is 10.6 Å². The van der Waals surface area contributed by atoms with Crippen molar-refractivity contribution in [2.75, 3.05) is 10.6 Å². The Morgan fingerprint density at radius 1 is 0.967 bits per heavy atom. The Balaban J connectivity index is 1.68. The summed E-state index contributed by atoms with van der Waals surface area (Å²) in [6, 6.07) is 21.3. The van der Waals surface area contributed by atoms with Crippen molar-refractivity contribution in [1.82, 2.24) is 9.38 Å². The molecule has 0 aliphatic carbocycles. The smallest absolute Gasteiger partial charge is 0.292 e. The Bertz CT molecular complexity index is 1320. The second-order valence-electron chi connectivity index (χ2n) is 6.66. The SMILES string of the molecule is Cc1ccccc1NC(=O)c1nc(C(=O)Nc2cccc(C#N)c2)c2ccccn12. The van der Waals surface area contributed by atoms with Crippen LogP contribution in [0.3, 0.4) is 0 Å². The molecule has 0 fully saturated rings. The zero-order valence-corrected chi connectivity index (χ0v) is 16.1. The van der Waals surface area contributed by atoms with Gasteiger partial charge in [0.05, 0.1) is 17.1 Å². The van der Waals surface area contributed by atoms with Gasteiger partial charge in [-0.2, -0.15) is 5.26 Å². The summed E-state index contributed by atoms with van der Waals surface area (Å²) in [6.07, 6.45) is 1.68. The van der Waals surface area contributed by atoms with E-state index >= 15 is 0 Å². The van der Waals surface area contributed by atoms with E-state index in [0.717, 1.165) is 5.56 Å². The van der Waals surface area contributed by atoms with Crippen LogP contribution in [0.5, 0.6) is 0 Å². The van der Waals surface area contributed by atoms with Gasteiger partial charge in [-0.15, -0.1) is 0 Å². The summed E-state index contributed by atoms with van der Waals surface area (Å²) in [4.78, 5) is 30.1. The molecular weight excluding hydrogens is 378 g/mol. The monoisotopic (exact) mass is 395 g/mol. The molecule has 0 spiro atoms. The summed E-state index contributed by atoms with van der Waals surface area (Å²) in [5, 5.41) is 14.6. The Kier molecular flexibility index (Phi) is 4.97. The number of nitrogens with zero attached hydrogens (tertiary/aromatic N) is 3. The number of para-hydroxylation sites is 1. The highest BCUT2D eigenvalue weighted by Crippen LogP contribution is 2.19. The van der Waals surface area contributed by atoms with Crippen molar-refractivity contribution in [2.24, 2.45) is 0 Å². The van der Waals surface area contributed by atoms with Crippen molar-refractivity contribution in [3.05, 3.63) is 95.6 Å². The number of pyridine rings is 1. The lowest BCUT2D eigenvalue weighted by Crippen LogP contribution is -2.17. The molecule has 4 rings (SSSR count). The summed E-state index contributed by atoms with van der Waals surface area (Å²) in [6.45, 7) is 1.90. The molecule has 4 aromatic rings. The summed E-state index contributed by atoms with van der Waals surface area (Å²) in [5.74, 6) is -0.787. The minimum atomic E-state index is -0.469. The molecule has 2 aromatic carbocycles. The van der Waals surface area contributed by atoms with Crippen molar-refractivity contribution in [2.45, 2.75) is 6.92 Å². The van der Waals surface area contributed by atoms with Crippen molar-refractivity contribution in [1.29, 1.82) is 5.26 Å². The summed E-state index contributed by atoms with van der Waals surface area (Å²) < 4.78 is 1.58. The summed E-state index contributed by atoms with van der Waals surface area (Å²) in [5.41, 5.74) is 3.12. The average Bonchev–Trinajstić information content (AvgIpc) is 3.15. The number of carbonyl (C=O) groups excluding carboxylic acids is 2. The van der Waals surface area contributed by atoms with Crippen molar-refractivity contribution < 1.29 is 9.59 Å². The highest BCUT2D eigenvalue weighted by atomic mass is 16.2. The van der Waals surface area contributed by atoms with Crippen LogP contribution in [0.25, 0.3) is 5.52 Å². The number of rotatable bonds is 4. The quantitative estimate of drug-likeness (QED) is 0.545. The fourth-order valence-electron chi connectivity index (χ4n) is 3.11. The number of amides is 2. The van der Waals surface area contributed by atoms with E-state index in [1.54, 1.807) is 59.1 Å². The lowest BCUT2D eigenvalue weighted by Gasteiger charge is -2.07. The predicted octanol–water partition coefficient (Wildman–Crippen LogP) is 4.02. The lowest BCUT2D eigenvalue weighted by atomic mass is 10.2. The molecule has 2 amide bonds. The fraction of sp³-hybridized carbons (Fsp3) is 0.0435. The predicted molar refractivity (Wildman–Crippen MR) is 113 cm³/mol. The van der Waals surface area contributed by atoms with E-state index in [-0.39, 0.29) is 11.5 Å². The van der Waals surface area contributed by atoms with Crippen LogP contribution in [0.15, 0.2) is 72.9 Å². The van der Waals surface area contributed by atoms with Crippen LogP contribution in [-0.4, -0.2) is 21.2 Å². The van der Waals surface area contributed by atoms with Gasteiger partial charge in [-0.25, -0.2) is 4.98 Å². The third-order valence-electron chi connectivity index (χ3n) is 4.61. The lowest BCUT2D eigenvalue weighted by molar-refractivity contribution is 0.101. The number of fused-ring (bicyclic) bond motifs is 1. The zero-order chi connectivity index (χ0) is 21.1. The van der Waals surface area contributed by atoms with Crippen molar-refractivity contribution in [3.63, 3.8) is 0 Å². The van der Waals surface area contributed by atoms with Crippen molar-refractivity contribution >= 4 is 28.7 Å². The number of anilines is 2. The Morgan fingerprint density at radius 3 is 2.57 bits per heavy atom. The second-order valence-corrected chi connectivity index (χ2v) is 6.66. The third-order valence-corrected chi connectivity index (χ3v) is 4.61. The van der Waals surface area contributed by atoms with Crippen LogP contribution in [0.2, 0.25) is 0 Å². The molecule has 0 bridgehead atoms. The number of nitrogens with one attached hydrogen (secondary N) is 2. The molecule has 146 valence electrons. The number of hydrogen-bond acceptors (Lipinski definition) is 4. The van der Waals surface area contributed by atoms with E-state index in [4.69, 9.17) is 5.26 Å². The Labute approximate surface area is 172 Å². The molecule has 0 aliphatic rings. The molecule has 0 saturated carbocycles. The number of nitriles is 1. The van der Waals surface area contributed by atoms with Crippen LogP contribution >= 0.6 is 0 Å².